The summed E-state index contributed by atoms with van der Waals surface area (Å²) in [7, 11) is 0. The molecule has 2 saturated carbocycles. The van der Waals surface area contributed by atoms with Gasteiger partial charge in [-0.25, -0.2) is 0 Å². The molecule has 0 bridgehead atoms. The molecule has 3 rings (SSSR count). The van der Waals surface area contributed by atoms with Crippen LogP contribution in [0.2, 0.25) is 0 Å². The van der Waals surface area contributed by atoms with Crippen molar-refractivity contribution in [3.05, 3.63) is 90.9 Å². The van der Waals surface area contributed by atoms with Gasteiger partial charge >= 0.3 is 0 Å². The minimum absolute atomic E-state index is 0.150. The van der Waals surface area contributed by atoms with Crippen LogP contribution in [-0.4, -0.2) is 15.0 Å². The zero-order chi connectivity index (χ0) is 13.9. The molecule has 2 aliphatic carbocycles. The van der Waals surface area contributed by atoms with Crippen LogP contribution in [0.5, 0.6) is 0 Å². The van der Waals surface area contributed by atoms with Crippen LogP contribution in [0.1, 0.15) is 18.3 Å². The first-order valence-corrected chi connectivity index (χ1v) is 6.37. The van der Waals surface area contributed by atoms with E-state index >= 15 is 0 Å². The smallest absolute Gasteiger partial charge is 0.226 e. The highest BCUT2D eigenvalue weighted by Gasteiger charge is 2.29. The molecule has 2 fully saturated rings. The van der Waals surface area contributed by atoms with Gasteiger partial charge in [-0.1, -0.05) is 6.08 Å². The molecule has 4 heteroatoms. The number of hydrogen-bond donors (Lipinski definition) is 0. The molecule has 1 aromatic rings. The average Bonchev–Trinajstić information content (AvgIpc) is 3.13. The second-order valence-corrected chi connectivity index (χ2v) is 4.38. The molecule has 0 spiro atoms. The first-order chi connectivity index (χ1) is 9.79. The molecule has 0 aliphatic heterocycles. The van der Waals surface area contributed by atoms with Gasteiger partial charge in [-0.15, -0.1) is 0 Å². The first kappa shape index (κ1) is 13.5. The SMILES string of the molecule is C/C=C/n1nc([C]2[CH][CH][CH][CH]2)c(=O)c([C]2[CH][CH][CH][CH]2)n1. The third-order valence-electron chi connectivity index (χ3n) is 2.99. The number of hydrogen-bond acceptors (Lipinski definition) is 3. The second-order valence-electron chi connectivity index (χ2n) is 4.38. The lowest BCUT2D eigenvalue weighted by atomic mass is 9.98. The molecule has 10 radical (unpaired) electrons. The average molecular weight is 263 g/mol. The predicted octanol–water partition coefficient (Wildman–Crippen LogP) is 1.64. The van der Waals surface area contributed by atoms with Gasteiger partial charge in [-0.3, -0.25) is 4.79 Å². The first-order valence-electron chi connectivity index (χ1n) is 6.37. The normalized spacial score (nSPS) is 21.2. The Bertz CT molecular complexity index is 509. The summed E-state index contributed by atoms with van der Waals surface area (Å²) in [5.74, 6) is 1.62. The molecule has 4 nitrogen and oxygen atoms in total. The number of aromatic nitrogens is 3. The summed E-state index contributed by atoms with van der Waals surface area (Å²) in [5, 5.41) is 8.56. The molecule has 98 valence electrons. The molecule has 0 unspecified atom stereocenters. The lowest BCUT2D eigenvalue weighted by Gasteiger charge is -2.12. The van der Waals surface area contributed by atoms with Crippen LogP contribution in [0.15, 0.2) is 10.9 Å². The third kappa shape index (κ3) is 2.56. The minimum atomic E-state index is -0.150. The molecule has 2 aliphatic rings. The molecule has 0 aromatic carbocycles. The summed E-state index contributed by atoms with van der Waals surface area (Å²) in [6.45, 7) is 1.88. The van der Waals surface area contributed by atoms with Crippen molar-refractivity contribution < 1.29 is 0 Å². The fourth-order valence-corrected chi connectivity index (χ4v) is 2.07. The Morgan fingerprint density at radius 1 is 0.900 bits per heavy atom. The van der Waals surface area contributed by atoms with E-state index in [1.807, 2.05) is 64.4 Å². The Morgan fingerprint density at radius 2 is 1.35 bits per heavy atom. The highest BCUT2D eigenvalue weighted by Crippen LogP contribution is 2.30. The maximum Gasteiger partial charge on any atom is 0.226 e. The Labute approximate surface area is 119 Å². The number of allylic oxidation sites excluding steroid dienone is 1. The quantitative estimate of drug-likeness (QED) is 0.833. The summed E-state index contributed by atoms with van der Waals surface area (Å²) >= 11 is 0. The van der Waals surface area contributed by atoms with E-state index in [9.17, 15) is 4.79 Å². The minimum Gasteiger partial charge on any atom is -0.286 e. The van der Waals surface area contributed by atoms with Crippen molar-refractivity contribution >= 4 is 6.20 Å². The van der Waals surface area contributed by atoms with Crippen LogP contribution in [0.4, 0.5) is 0 Å². The Balaban J connectivity index is 2.05. The molecule has 0 atom stereocenters. The summed E-state index contributed by atoms with van der Waals surface area (Å²) in [5.41, 5.74) is 0.682. The van der Waals surface area contributed by atoms with Crippen LogP contribution >= 0.6 is 0 Å². The van der Waals surface area contributed by atoms with Crippen molar-refractivity contribution in [3.63, 3.8) is 0 Å². The lowest BCUT2D eigenvalue weighted by Crippen LogP contribution is -2.27. The van der Waals surface area contributed by atoms with Gasteiger partial charge in [0.1, 0.15) is 11.4 Å². The highest BCUT2D eigenvalue weighted by atomic mass is 16.1. The third-order valence-corrected chi connectivity index (χ3v) is 2.99. The van der Waals surface area contributed by atoms with Crippen LogP contribution in [0.3, 0.4) is 0 Å². The topological polar surface area (TPSA) is 47.8 Å². The van der Waals surface area contributed by atoms with Gasteiger partial charge in [-0.05, 0) is 58.3 Å². The molecular weight excluding hydrogens is 250 g/mol. The highest BCUT2D eigenvalue weighted by molar-refractivity contribution is 5.51. The van der Waals surface area contributed by atoms with Gasteiger partial charge in [0.2, 0.25) is 5.43 Å². The molecule has 0 amide bonds. The fraction of sp³-hybridized carbons (Fsp3) is 0.0625. The Kier molecular flexibility index (Phi) is 3.99. The Hall–Kier alpha value is -1.45. The molecular formula is C16H13N3O. The maximum absolute atomic E-state index is 12.6. The van der Waals surface area contributed by atoms with Crippen molar-refractivity contribution in [3.8, 4) is 0 Å². The van der Waals surface area contributed by atoms with Crippen LogP contribution < -0.4 is 5.43 Å². The van der Waals surface area contributed by atoms with E-state index in [1.165, 1.54) is 4.80 Å². The van der Waals surface area contributed by atoms with Gasteiger partial charge in [0, 0.05) is 18.0 Å². The molecule has 1 heterocycles. The van der Waals surface area contributed by atoms with Gasteiger partial charge in [0.25, 0.3) is 0 Å². The van der Waals surface area contributed by atoms with Gasteiger partial charge in [0.05, 0.1) is 0 Å². The van der Waals surface area contributed by atoms with E-state index < -0.39 is 0 Å². The molecule has 0 saturated heterocycles. The summed E-state index contributed by atoms with van der Waals surface area (Å²) in [6, 6.07) is 0. The summed E-state index contributed by atoms with van der Waals surface area (Å²) in [6.07, 6.45) is 18.6. The molecule has 1 aromatic heterocycles. The van der Waals surface area contributed by atoms with Crippen molar-refractivity contribution in [1.82, 2.24) is 15.0 Å². The van der Waals surface area contributed by atoms with E-state index in [4.69, 9.17) is 0 Å². The van der Waals surface area contributed by atoms with Gasteiger partial charge < -0.3 is 0 Å². The number of nitrogens with zero attached hydrogens (tertiary/aromatic N) is 3. The van der Waals surface area contributed by atoms with Crippen LogP contribution in [0.25, 0.3) is 6.20 Å². The second kappa shape index (κ2) is 5.90. The fourth-order valence-electron chi connectivity index (χ4n) is 2.07. The van der Waals surface area contributed by atoms with E-state index in [0.29, 0.717) is 11.4 Å². The van der Waals surface area contributed by atoms with Crippen LogP contribution in [0, 0.1) is 63.2 Å². The summed E-state index contributed by atoms with van der Waals surface area (Å²) in [4.78, 5) is 14.0. The van der Waals surface area contributed by atoms with Crippen LogP contribution in [-0.2, 0) is 0 Å². The van der Waals surface area contributed by atoms with Crippen molar-refractivity contribution in [2.24, 2.45) is 0 Å². The predicted molar refractivity (Wildman–Crippen MR) is 76.4 cm³/mol. The molecule has 0 N–H and O–H groups in total. The van der Waals surface area contributed by atoms with Gasteiger partial charge in [-0.2, -0.15) is 15.0 Å². The lowest BCUT2D eigenvalue weighted by molar-refractivity contribution is 0.694. The van der Waals surface area contributed by atoms with E-state index in [0.717, 1.165) is 11.8 Å². The summed E-state index contributed by atoms with van der Waals surface area (Å²) < 4.78 is 0. The van der Waals surface area contributed by atoms with E-state index in [2.05, 4.69) is 10.2 Å². The number of rotatable bonds is 3. The van der Waals surface area contributed by atoms with Gasteiger partial charge in [0.15, 0.2) is 0 Å². The standard InChI is InChI=1S/C16H13N3O/c1-2-11-19-17-14(12-7-3-4-8-12)16(20)15(18-19)13-9-5-6-10-13/h2-11H,1H3/b11-2+. The largest absolute Gasteiger partial charge is 0.286 e. The Morgan fingerprint density at radius 3 is 1.75 bits per heavy atom. The zero-order valence-electron chi connectivity index (χ0n) is 11.0. The van der Waals surface area contributed by atoms with Crippen molar-refractivity contribution in [2.75, 3.05) is 0 Å². The monoisotopic (exact) mass is 263 g/mol. The van der Waals surface area contributed by atoms with Crippen molar-refractivity contribution in [2.45, 2.75) is 6.92 Å². The zero-order valence-corrected chi connectivity index (χ0v) is 11.0. The van der Waals surface area contributed by atoms with E-state index in [1.54, 1.807) is 6.20 Å². The van der Waals surface area contributed by atoms with Crippen molar-refractivity contribution in [1.29, 1.82) is 0 Å². The van der Waals surface area contributed by atoms with E-state index in [-0.39, 0.29) is 5.43 Å². The maximum atomic E-state index is 12.6. The molecule has 20 heavy (non-hydrogen) atoms.